The molecule has 4 nitrogen and oxygen atoms in total. The van der Waals surface area contributed by atoms with E-state index in [1.807, 2.05) is 0 Å². The van der Waals surface area contributed by atoms with Crippen LogP contribution in [0.2, 0.25) is 0 Å². The van der Waals surface area contributed by atoms with E-state index in [2.05, 4.69) is 20.7 Å². The Labute approximate surface area is 123 Å². The van der Waals surface area contributed by atoms with Crippen molar-refractivity contribution in [3.8, 4) is 5.75 Å². The third-order valence-electron chi connectivity index (χ3n) is 2.61. The summed E-state index contributed by atoms with van der Waals surface area (Å²) in [5.41, 5.74) is 0. The number of carbonyl (C=O) groups is 1. The zero-order chi connectivity index (χ0) is 14.7. The molecule has 0 amide bonds. The van der Waals surface area contributed by atoms with E-state index in [0.717, 1.165) is 0 Å². The minimum atomic E-state index is -0.571. The van der Waals surface area contributed by atoms with Crippen molar-refractivity contribution >= 4 is 21.9 Å². The van der Waals surface area contributed by atoms with Crippen LogP contribution in [0, 0.1) is 5.82 Å². The molecule has 0 aliphatic heterocycles. The molecule has 0 aliphatic rings. The molecule has 1 unspecified atom stereocenters. The van der Waals surface area contributed by atoms with Crippen LogP contribution in [0.15, 0.2) is 39.2 Å². The molecule has 0 saturated carbocycles. The van der Waals surface area contributed by atoms with Gasteiger partial charge in [-0.1, -0.05) is 15.9 Å². The lowest BCUT2D eigenvalue weighted by atomic mass is 10.3. The van der Waals surface area contributed by atoms with Crippen molar-refractivity contribution in [3.63, 3.8) is 0 Å². The summed E-state index contributed by atoms with van der Waals surface area (Å²) in [5.74, 6) is -0.456. The Morgan fingerprint density at radius 1 is 1.35 bits per heavy atom. The number of ether oxygens (including phenoxy) is 2. The largest absolute Gasteiger partial charge is 0.480 e. The number of hydrogen-bond acceptors (Lipinski definition) is 4. The van der Waals surface area contributed by atoms with Crippen LogP contribution < -0.4 is 4.74 Å². The molecule has 0 aliphatic carbocycles. The standard InChI is InChI=1S/C14H12BrFO4/c1-8(11-5-6-13(20-11)14(17)18-2)19-12-4-3-9(15)7-10(12)16/h3-8H,1-2H3. The number of rotatable bonds is 4. The first-order valence-corrected chi connectivity index (χ1v) is 6.60. The molecule has 0 radical (unpaired) electrons. The predicted octanol–water partition coefficient (Wildman–Crippen LogP) is 4.11. The molecule has 0 fully saturated rings. The first-order chi connectivity index (χ1) is 9.51. The SMILES string of the molecule is COC(=O)c1ccc(C(C)Oc2ccc(Br)cc2F)o1. The monoisotopic (exact) mass is 342 g/mol. The van der Waals surface area contributed by atoms with E-state index in [1.165, 1.54) is 25.3 Å². The Bertz CT molecular complexity index is 623. The minimum absolute atomic E-state index is 0.0780. The molecule has 20 heavy (non-hydrogen) atoms. The van der Waals surface area contributed by atoms with Crippen LogP contribution in [0.25, 0.3) is 0 Å². The van der Waals surface area contributed by atoms with Crippen LogP contribution in [0.3, 0.4) is 0 Å². The van der Waals surface area contributed by atoms with Gasteiger partial charge in [-0.15, -0.1) is 0 Å². The fraction of sp³-hybridized carbons (Fsp3) is 0.214. The molecule has 0 N–H and O–H groups in total. The summed E-state index contributed by atoms with van der Waals surface area (Å²) in [4.78, 5) is 11.3. The third kappa shape index (κ3) is 3.19. The average Bonchev–Trinajstić information content (AvgIpc) is 2.90. The highest BCUT2D eigenvalue weighted by molar-refractivity contribution is 9.10. The van der Waals surface area contributed by atoms with Crippen molar-refractivity contribution in [1.82, 2.24) is 0 Å². The molecule has 0 saturated heterocycles. The van der Waals surface area contributed by atoms with Crippen LogP contribution in [-0.2, 0) is 4.74 Å². The quantitative estimate of drug-likeness (QED) is 0.784. The van der Waals surface area contributed by atoms with Crippen LogP contribution in [0.5, 0.6) is 5.75 Å². The van der Waals surface area contributed by atoms with E-state index >= 15 is 0 Å². The van der Waals surface area contributed by atoms with Gasteiger partial charge in [0.05, 0.1) is 7.11 Å². The van der Waals surface area contributed by atoms with E-state index in [9.17, 15) is 9.18 Å². The first kappa shape index (κ1) is 14.6. The second-order valence-corrected chi connectivity index (χ2v) is 4.94. The molecule has 1 atom stereocenters. The number of benzene rings is 1. The highest BCUT2D eigenvalue weighted by Crippen LogP contribution is 2.27. The van der Waals surface area contributed by atoms with Gasteiger partial charge in [-0.05, 0) is 37.3 Å². The molecule has 2 rings (SSSR count). The summed E-state index contributed by atoms with van der Waals surface area (Å²) < 4.78 is 29.6. The second-order valence-electron chi connectivity index (χ2n) is 4.03. The maximum atomic E-state index is 13.7. The van der Waals surface area contributed by atoms with Crippen molar-refractivity contribution in [2.45, 2.75) is 13.0 Å². The summed E-state index contributed by atoms with van der Waals surface area (Å²) in [6.07, 6.45) is -0.538. The third-order valence-corrected chi connectivity index (χ3v) is 3.10. The normalized spacial score (nSPS) is 12.0. The van der Waals surface area contributed by atoms with Crippen LogP contribution in [-0.4, -0.2) is 13.1 Å². The highest BCUT2D eigenvalue weighted by atomic mass is 79.9. The van der Waals surface area contributed by atoms with Gasteiger partial charge in [0.25, 0.3) is 0 Å². The summed E-state index contributed by atoms with van der Waals surface area (Å²) in [5, 5.41) is 0. The zero-order valence-electron chi connectivity index (χ0n) is 10.9. The van der Waals surface area contributed by atoms with Crippen molar-refractivity contribution in [2.24, 2.45) is 0 Å². The zero-order valence-corrected chi connectivity index (χ0v) is 12.4. The molecule has 6 heteroatoms. The van der Waals surface area contributed by atoms with E-state index in [1.54, 1.807) is 19.1 Å². The molecule has 2 aromatic rings. The average molecular weight is 343 g/mol. The van der Waals surface area contributed by atoms with E-state index in [4.69, 9.17) is 9.15 Å². The first-order valence-electron chi connectivity index (χ1n) is 5.81. The molecule has 1 aromatic carbocycles. The van der Waals surface area contributed by atoms with Gasteiger partial charge in [-0.25, -0.2) is 9.18 Å². The van der Waals surface area contributed by atoms with Gasteiger partial charge in [0.1, 0.15) is 5.76 Å². The topological polar surface area (TPSA) is 48.7 Å². The molecular formula is C14H12BrFO4. The fourth-order valence-corrected chi connectivity index (χ4v) is 1.93. The number of esters is 1. The molecule has 0 spiro atoms. The van der Waals surface area contributed by atoms with Crippen molar-refractivity contribution in [2.75, 3.05) is 7.11 Å². The maximum absolute atomic E-state index is 13.7. The summed E-state index contributed by atoms with van der Waals surface area (Å²) in [7, 11) is 1.27. The molecule has 0 bridgehead atoms. The molecular weight excluding hydrogens is 331 g/mol. The van der Waals surface area contributed by atoms with Crippen molar-refractivity contribution in [1.29, 1.82) is 0 Å². The lowest BCUT2D eigenvalue weighted by Crippen LogP contribution is -2.04. The Hall–Kier alpha value is -1.82. The van der Waals surface area contributed by atoms with Crippen LogP contribution in [0.4, 0.5) is 4.39 Å². The number of methoxy groups -OCH3 is 1. The van der Waals surface area contributed by atoms with Crippen molar-refractivity contribution < 1.29 is 23.1 Å². The Morgan fingerprint density at radius 2 is 2.10 bits per heavy atom. The van der Waals surface area contributed by atoms with Gasteiger partial charge in [0.15, 0.2) is 17.7 Å². The lowest BCUT2D eigenvalue weighted by molar-refractivity contribution is 0.0558. The Kier molecular flexibility index (Phi) is 4.44. The lowest BCUT2D eigenvalue weighted by Gasteiger charge is -2.13. The number of hydrogen-bond donors (Lipinski definition) is 0. The van der Waals surface area contributed by atoms with Gasteiger partial charge >= 0.3 is 5.97 Å². The van der Waals surface area contributed by atoms with E-state index in [0.29, 0.717) is 10.2 Å². The van der Waals surface area contributed by atoms with Gasteiger partial charge in [0.2, 0.25) is 5.76 Å². The fourth-order valence-electron chi connectivity index (χ4n) is 1.60. The summed E-state index contributed by atoms with van der Waals surface area (Å²) in [6, 6.07) is 7.57. The summed E-state index contributed by atoms with van der Waals surface area (Å²) >= 11 is 3.17. The predicted molar refractivity (Wildman–Crippen MR) is 73.2 cm³/mol. The maximum Gasteiger partial charge on any atom is 0.373 e. The van der Waals surface area contributed by atoms with Gasteiger partial charge in [-0.2, -0.15) is 0 Å². The Balaban J connectivity index is 2.13. The highest BCUT2D eigenvalue weighted by Gasteiger charge is 2.17. The van der Waals surface area contributed by atoms with Gasteiger partial charge in [0, 0.05) is 4.47 Å². The van der Waals surface area contributed by atoms with E-state index in [-0.39, 0.29) is 11.5 Å². The van der Waals surface area contributed by atoms with Crippen LogP contribution >= 0.6 is 15.9 Å². The van der Waals surface area contributed by atoms with Gasteiger partial charge in [-0.3, -0.25) is 0 Å². The number of furan rings is 1. The van der Waals surface area contributed by atoms with Crippen LogP contribution in [0.1, 0.15) is 29.3 Å². The Morgan fingerprint density at radius 3 is 2.75 bits per heavy atom. The number of carbonyl (C=O) groups excluding carboxylic acids is 1. The smallest absolute Gasteiger partial charge is 0.373 e. The summed E-state index contributed by atoms with van der Waals surface area (Å²) in [6.45, 7) is 1.70. The van der Waals surface area contributed by atoms with Gasteiger partial charge < -0.3 is 13.9 Å². The molecule has 1 aromatic heterocycles. The van der Waals surface area contributed by atoms with E-state index < -0.39 is 17.9 Å². The van der Waals surface area contributed by atoms with Crippen molar-refractivity contribution in [3.05, 3.63) is 52.1 Å². The number of halogens is 2. The minimum Gasteiger partial charge on any atom is -0.480 e. The molecule has 1 heterocycles. The molecule has 106 valence electrons. The second kappa shape index (κ2) is 6.09.